The minimum absolute atomic E-state index is 0.0188. The highest BCUT2D eigenvalue weighted by atomic mass is 19.1. The maximum atomic E-state index is 13.0. The summed E-state index contributed by atoms with van der Waals surface area (Å²) in [7, 11) is 0. The van der Waals surface area contributed by atoms with Crippen molar-refractivity contribution in [3.8, 4) is 0 Å². The molecule has 0 aromatic heterocycles. The first-order chi connectivity index (χ1) is 10.1. The lowest BCUT2D eigenvalue weighted by Crippen LogP contribution is -2.41. The minimum Gasteiger partial charge on any atom is -0.396 e. The molecule has 1 aliphatic rings. The van der Waals surface area contributed by atoms with Crippen LogP contribution in [0.1, 0.15) is 17.5 Å². The molecule has 0 spiro atoms. The second-order valence-electron chi connectivity index (χ2n) is 5.39. The van der Waals surface area contributed by atoms with Gasteiger partial charge in [0.1, 0.15) is 5.82 Å². The van der Waals surface area contributed by atoms with Crippen LogP contribution >= 0.6 is 0 Å². The van der Waals surface area contributed by atoms with Crippen molar-refractivity contribution >= 4 is 6.03 Å². The van der Waals surface area contributed by atoms with E-state index >= 15 is 0 Å². The van der Waals surface area contributed by atoms with E-state index in [2.05, 4.69) is 10.6 Å². The average molecular weight is 292 g/mol. The number of hydrogen-bond acceptors (Lipinski definition) is 2. The third-order valence-corrected chi connectivity index (χ3v) is 3.71. The van der Waals surface area contributed by atoms with E-state index in [0.717, 1.165) is 17.5 Å². The Bertz CT molecular complexity index is 531. The molecule has 2 atom stereocenters. The van der Waals surface area contributed by atoms with Gasteiger partial charge in [-0.1, -0.05) is 18.2 Å². The first-order valence-electron chi connectivity index (χ1n) is 7.17. The Morgan fingerprint density at radius 3 is 2.90 bits per heavy atom. The number of aliphatic hydroxyl groups excluding tert-OH is 1. The van der Waals surface area contributed by atoms with Crippen molar-refractivity contribution in [3.63, 3.8) is 0 Å². The summed E-state index contributed by atoms with van der Waals surface area (Å²) in [6, 6.07) is 4.43. The molecule has 0 unspecified atom stereocenters. The third-order valence-electron chi connectivity index (χ3n) is 3.71. The lowest BCUT2D eigenvalue weighted by molar-refractivity contribution is 0.231. The van der Waals surface area contributed by atoms with Crippen LogP contribution in [0.2, 0.25) is 0 Å². The minimum atomic E-state index is -0.242. The Labute approximate surface area is 124 Å². The molecule has 3 N–H and O–H groups in total. The predicted octanol–water partition coefficient (Wildman–Crippen LogP) is 1.91. The predicted molar refractivity (Wildman–Crippen MR) is 79.5 cm³/mol. The molecule has 1 aromatic rings. The molecule has 1 aliphatic carbocycles. The summed E-state index contributed by atoms with van der Waals surface area (Å²) in [5, 5.41) is 14.7. The maximum Gasteiger partial charge on any atom is 0.315 e. The normalized spacial score (nSPS) is 20.5. The summed E-state index contributed by atoms with van der Waals surface area (Å²) in [6.45, 7) is 2.47. The van der Waals surface area contributed by atoms with Gasteiger partial charge in [0.15, 0.2) is 0 Å². The van der Waals surface area contributed by atoms with Crippen LogP contribution in [0.3, 0.4) is 0 Å². The van der Waals surface area contributed by atoms with Gasteiger partial charge in [0.25, 0.3) is 0 Å². The van der Waals surface area contributed by atoms with Crippen molar-refractivity contribution in [1.29, 1.82) is 0 Å². The van der Waals surface area contributed by atoms with Gasteiger partial charge in [-0.2, -0.15) is 0 Å². The van der Waals surface area contributed by atoms with E-state index in [0.29, 0.717) is 13.0 Å². The van der Waals surface area contributed by atoms with Gasteiger partial charge in [0.05, 0.1) is 0 Å². The number of aryl methyl sites for hydroxylation is 1. The Morgan fingerprint density at radius 1 is 1.43 bits per heavy atom. The Morgan fingerprint density at radius 2 is 2.24 bits per heavy atom. The molecule has 2 rings (SSSR count). The summed E-state index contributed by atoms with van der Waals surface area (Å²) in [4.78, 5) is 11.7. The fourth-order valence-corrected chi connectivity index (χ4v) is 2.49. The van der Waals surface area contributed by atoms with Crippen LogP contribution in [0.4, 0.5) is 9.18 Å². The van der Waals surface area contributed by atoms with Crippen molar-refractivity contribution in [3.05, 3.63) is 47.3 Å². The molecular weight excluding hydrogens is 271 g/mol. The number of rotatable bonds is 5. The summed E-state index contributed by atoms with van der Waals surface area (Å²) >= 11 is 0. The first-order valence-corrected chi connectivity index (χ1v) is 7.17. The van der Waals surface area contributed by atoms with E-state index < -0.39 is 0 Å². The number of aliphatic hydroxyl groups is 1. The number of carbonyl (C=O) groups is 1. The van der Waals surface area contributed by atoms with Gasteiger partial charge >= 0.3 is 6.03 Å². The molecule has 0 radical (unpaired) electrons. The van der Waals surface area contributed by atoms with Gasteiger partial charge in [-0.3, -0.25) is 0 Å². The molecule has 0 saturated carbocycles. The highest BCUT2D eigenvalue weighted by molar-refractivity contribution is 5.74. The van der Waals surface area contributed by atoms with Crippen LogP contribution in [-0.2, 0) is 6.42 Å². The van der Waals surface area contributed by atoms with Gasteiger partial charge in [-0.15, -0.1) is 0 Å². The van der Waals surface area contributed by atoms with Crippen LogP contribution in [0.5, 0.6) is 0 Å². The van der Waals surface area contributed by atoms with Gasteiger partial charge in [0.2, 0.25) is 0 Å². The molecule has 0 heterocycles. The maximum absolute atomic E-state index is 13.0. The van der Waals surface area contributed by atoms with Crippen molar-refractivity contribution in [2.24, 2.45) is 5.92 Å². The number of nitrogens with one attached hydrogen (secondary N) is 2. The van der Waals surface area contributed by atoms with Crippen LogP contribution in [0.25, 0.3) is 0 Å². The summed E-state index contributed by atoms with van der Waals surface area (Å²) < 4.78 is 13.0. The highest BCUT2D eigenvalue weighted by Gasteiger charge is 2.19. The molecule has 21 heavy (non-hydrogen) atoms. The van der Waals surface area contributed by atoms with E-state index in [1.807, 2.05) is 19.1 Å². The number of carbonyl (C=O) groups excluding carboxylic acids is 1. The van der Waals surface area contributed by atoms with E-state index in [1.165, 1.54) is 12.1 Å². The molecule has 4 nitrogen and oxygen atoms in total. The number of halogens is 1. The summed E-state index contributed by atoms with van der Waals surface area (Å²) in [5.74, 6) is -0.106. The zero-order chi connectivity index (χ0) is 15.2. The lowest BCUT2D eigenvalue weighted by Gasteiger charge is -2.14. The molecular formula is C16H21FN2O2. The third kappa shape index (κ3) is 4.56. The molecule has 0 aliphatic heterocycles. The Kier molecular flexibility index (Phi) is 5.33. The Balaban J connectivity index is 1.71. The molecule has 114 valence electrons. The molecule has 1 aromatic carbocycles. The van der Waals surface area contributed by atoms with Crippen LogP contribution in [0.15, 0.2) is 30.4 Å². The Hall–Kier alpha value is -1.88. The van der Waals surface area contributed by atoms with E-state index in [9.17, 15) is 9.18 Å². The summed E-state index contributed by atoms with van der Waals surface area (Å²) in [5.41, 5.74) is 1.92. The largest absolute Gasteiger partial charge is 0.396 e. The van der Waals surface area contributed by atoms with Gasteiger partial charge in [-0.25, -0.2) is 9.18 Å². The fraction of sp³-hybridized carbons (Fsp3) is 0.438. The second kappa shape index (κ2) is 7.22. The average Bonchev–Trinajstić information content (AvgIpc) is 2.89. The molecule has 2 amide bonds. The molecule has 0 saturated heterocycles. The SMILES string of the molecule is Cc1cc(F)ccc1CCNC(=O)N[C@@H]1C=C[C@H](CO)C1. The van der Waals surface area contributed by atoms with Gasteiger partial charge < -0.3 is 15.7 Å². The van der Waals surface area contributed by atoms with Crippen LogP contribution in [0, 0.1) is 18.7 Å². The van der Waals surface area contributed by atoms with E-state index in [1.54, 1.807) is 6.07 Å². The fourth-order valence-electron chi connectivity index (χ4n) is 2.49. The zero-order valence-electron chi connectivity index (χ0n) is 12.1. The van der Waals surface area contributed by atoms with Crippen LogP contribution in [-0.4, -0.2) is 30.3 Å². The zero-order valence-corrected chi connectivity index (χ0v) is 12.1. The molecule has 0 bridgehead atoms. The second-order valence-corrected chi connectivity index (χ2v) is 5.39. The van der Waals surface area contributed by atoms with E-state index in [-0.39, 0.29) is 30.4 Å². The molecule has 5 heteroatoms. The molecule has 0 fully saturated rings. The van der Waals surface area contributed by atoms with Crippen molar-refractivity contribution in [1.82, 2.24) is 10.6 Å². The highest BCUT2D eigenvalue weighted by Crippen LogP contribution is 2.16. The first kappa shape index (κ1) is 15.5. The van der Waals surface area contributed by atoms with Crippen molar-refractivity contribution in [2.75, 3.05) is 13.2 Å². The van der Waals surface area contributed by atoms with Crippen molar-refractivity contribution in [2.45, 2.75) is 25.8 Å². The van der Waals surface area contributed by atoms with Gasteiger partial charge in [-0.05, 0) is 43.0 Å². The number of hydrogen-bond donors (Lipinski definition) is 3. The van der Waals surface area contributed by atoms with Crippen molar-refractivity contribution < 1.29 is 14.3 Å². The lowest BCUT2D eigenvalue weighted by atomic mass is 10.1. The number of urea groups is 1. The quantitative estimate of drug-likeness (QED) is 0.726. The topological polar surface area (TPSA) is 61.4 Å². The number of benzene rings is 1. The summed E-state index contributed by atoms with van der Waals surface area (Å²) in [6.07, 6.45) is 5.23. The van der Waals surface area contributed by atoms with E-state index in [4.69, 9.17) is 5.11 Å². The smallest absolute Gasteiger partial charge is 0.315 e. The monoisotopic (exact) mass is 292 g/mol. The standard InChI is InChI=1S/C16H21FN2O2/c1-11-8-14(17)4-3-13(11)6-7-18-16(21)19-15-5-2-12(9-15)10-20/h2-5,8,12,15,20H,6-7,9-10H2,1H3,(H2,18,19,21)/t12-,15+/m0/s1. The van der Waals surface area contributed by atoms with Gasteiger partial charge in [0, 0.05) is 25.1 Å². The number of amides is 2. The van der Waals surface area contributed by atoms with Crippen LogP contribution < -0.4 is 10.6 Å².